The molecule has 0 saturated carbocycles. The van der Waals surface area contributed by atoms with Gasteiger partial charge in [0.1, 0.15) is 5.76 Å². The SMILES string of the molecule is Fc1c(Cl)cccc1NCc1cc(Br)c(Br)o1. The summed E-state index contributed by atoms with van der Waals surface area (Å²) in [7, 11) is 0. The lowest BCUT2D eigenvalue weighted by Crippen LogP contribution is -2.00. The van der Waals surface area contributed by atoms with Crippen LogP contribution in [0.4, 0.5) is 10.1 Å². The van der Waals surface area contributed by atoms with E-state index in [4.69, 9.17) is 16.0 Å². The molecule has 0 aliphatic heterocycles. The summed E-state index contributed by atoms with van der Waals surface area (Å²) < 4.78 is 20.3. The molecule has 0 saturated heterocycles. The van der Waals surface area contributed by atoms with Crippen molar-refractivity contribution in [3.8, 4) is 0 Å². The number of benzene rings is 1. The van der Waals surface area contributed by atoms with Gasteiger partial charge in [-0.2, -0.15) is 0 Å². The molecule has 0 amide bonds. The Morgan fingerprint density at radius 1 is 1.35 bits per heavy atom. The standard InChI is InChI=1S/C11H7Br2ClFNO/c12-7-4-6(17-11(7)13)5-16-9-3-1-2-8(14)10(9)15/h1-4,16H,5H2. The maximum Gasteiger partial charge on any atom is 0.183 e. The summed E-state index contributed by atoms with van der Waals surface area (Å²) in [5, 5.41) is 3.01. The third kappa shape index (κ3) is 3.03. The fourth-order valence-electron chi connectivity index (χ4n) is 1.30. The van der Waals surface area contributed by atoms with Gasteiger partial charge in [-0.1, -0.05) is 17.7 Å². The second kappa shape index (κ2) is 5.42. The molecule has 2 aromatic rings. The Balaban J connectivity index is 2.10. The first kappa shape index (κ1) is 12.9. The zero-order valence-corrected chi connectivity index (χ0v) is 12.4. The van der Waals surface area contributed by atoms with Gasteiger partial charge in [0.15, 0.2) is 10.5 Å². The van der Waals surface area contributed by atoms with E-state index in [0.29, 0.717) is 22.7 Å². The van der Waals surface area contributed by atoms with Crippen molar-refractivity contribution in [3.05, 3.63) is 50.0 Å². The van der Waals surface area contributed by atoms with E-state index >= 15 is 0 Å². The summed E-state index contributed by atoms with van der Waals surface area (Å²) in [5.41, 5.74) is 0.348. The third-order valence-corrected chi connectivity index (χ3v) is 4.10. The maximum atomic E-state index is 13.5. The molecular weight excluding hydrogens is 376 g/mol. The minimum atomic E-state index is -0.459. The predicted octanol–water partition coefficient (Wildman–Crippen LogP) is 5.21. The number of rotatable bonds is 3. The van der Waals surface area contributed by atoms with E-state index in [1.54, 1.807) is 18.2 Å². The highest BCUT2D eigenvalue weighted by Crippen LogP contribution is 2.28. The van der Waals surface area contributed by atoms with Gasteiger partial charge in [0, 0.05) is 0 Å². The number of halogens is 4. The van der Waals surface area contributed by atoms with Gasteiger partial charge in [0.05, 0.1) is 21.7 Å². The maximum absolute atomic E-state index is 13.5. The van der Waals surface area contributed by atoms with Crippen molar-refractivity contribution < 1.29 is 8.81 Å². The largest absolute Gasteiger partial charge is 0.451 e. The van der Waals surface area contributed by atoms with Gasteiger partial charge in [-0.25, -0.2) is 4.39 Å². The van der Waals surface area contributed by atoms with E-state index in [-0.39, 0.29) is 5.02 Å². The minimum absolute atomic E-state index is 0.0943. The molecular formula is C11H7Br2ClFNO. The number of furan rings is 1. The molecule has 0 bridgehead atoms. The van der Waals surface area contributed by atoms with Crippen LogP contribution in [0.2, 0.25) is 5.02 Å². The first-order valence-corrected chi connectivity index (χ1v) is 6.66. The molecule has 1 heterocycles. The molecule has 0 fully saturated rings. The summed E-state index contributed by atoms with van der Waals surface area (Å²) in [5.74, 6) is 0.224. The second-order valence-electron chi connectivity index (χ2n) is 3.29. The van der Waals surface area contributed by atoms with E-state index in [9.17, 15) is 4.39 Å². The van der Waals surface area contributed by atoms with Crippen LogP contribution in [-0.2, 0) is 6.54 Å². The summed E-state index contributed by atoms with van der Waals surface area (Å²) >= 11 is 12.2. The fourth-order valence-corrected chi connectivity index (χ4v) is 2.13. The van der Waals surface area contributed by atoms with Gasteiger partial charge in [0.25, 0.3) is 0 Å². The number of hydrogen-bond donors (Lipinski definition) is 1. The van der Waals surface area contributed by atoms with Gasteiger partial charge in [-0.3, -0.25) is 0 Å². The Morgan fingerprint density at radius 3 is 2.76 bits per heavy atom. The van der Waals surface area contributed by atoms with Crippen LogP contribution in [0.5, 0.6) is 0 Å². The quantitative estimate of drug-likeness (QED) is 0.787. The van der Waals surface area contributed by atoms with E-state index in [2.05, 4.69) is 37.2 Å². The first-order chi connectivity index (χ1) is 8.08. The summed E-state index contributed by atoms with van der Waals surface area (Å²) in [6.45, 7) is 0.376. The Bertz CT molecular complexity index is 525. The number of hydrogen-bond acceptors (Lipinski definition) is 2. The lowest BCUT2D eigenvalue weighted by Gasteiger charge is -2.06. The van der Waals surface area contributed by atoms with Crippen LogP contribution in [-0.4, -0.2) is 0 Å². The Morgan fingerprint density at radius 2 is 2.12 bits per heavy atom. The van der Waals surface area contributed by atoms with Crippen LogP contribution in [0.25, 0.3) is 0 Å². The summed E-state index contributed by atoms with van der Waals surface area (Å²) in [6.07, 6.45) is 0. The van der Waals surface area contributed by atoms with Crippen molar-refractivity contribution in [2.24, 2.45) is 0 Å². The summed E-state index contributed by atoms with van der Waals surface area (Å²) in [6, 6.07) is 6.61. The monoisotopic (exact) mass is 381 g/mol. The van der Waals surface area contributed by atoms with Gasteiger partial charge in [-0.05, 0) is 50.1 Å². The normalized spacial score (nSPS) is 10.6. The molecule has 0 aliphatic carbocycles. The zero-order chi connectivity index (χ0) is 12.4. The van der Waals surface area contributed by atoms with Gasteiger partial charge < -0.3 is 9.73 Å². The molecule has 17 heavy (non-hydrogen) atoms. The lowest BCUT2D eigenvalue weighted by molar-refractivity contribution is 0.493. The van der Waals surface area contributed by atoms with Crippen molar-refractivity contribution in [1.29, 1.82) is 0 Å². The van der Waals surface area contributed by atoms with Crippen LogP contribution < -0.4 is 5.32 Å². The molecule has 0 aliphatic rings. The van der Waals surface area contributed by atoms with Crippen LogP contribution in [0.15, 0.2) is 37.8 Å². The smallest absolute Gasteiger partial charge is 0.183 e. The van der Waals surface area contributed by atoms with Crippen LogP contribution in [0.1, 0.15) is 5.76 Å². The molecule has 90 valence electrons. The van der Waals surface area contributed by atoms with E-state index in [0.717, 1.165) is 4.47 Å². The van der Waals surface area contributed by atoms with Gasteiger partial charge in [0.2, 0.25) is 0 Å². The van der Waals surface area contributed by atoms with Crippen molar-refractivity contribution in [3.63, 3.8) is 0 Å². The molecule has 0 radical (unpaired) electrons. The second-order valence-corrected chi connectivity index (χ2v) is 5.27. The molecule has 1 N–H and O–H groups in total. The van der Waals surface area contributed by atoms with Crippen molar-refractivity contribution >= 4 is 49.1 Å². The predicted molar refractivity (Wildman–Crippen MR) is 72.8 cm³/mol. The molecule has 1 aromatic heterocycles. The van der Waals surface area contributed by atoms with Crippen molar-refractivity contribution in [1.82, 2.24) is 0 Å². The Labute approximate surface area is 119 Å². The summed E-state index contributed by atoms with van der Waals surface area (Å²) in [4.78, 5) is 0. The lowest BCUT2D eigenvalue weighted by atomic mass is 10.3. The molecule has 2 rings (SSSR count). The highest BCUT2D eigenvalue weighted by atomic mass is 79.9. The molecule has 0 atom stereocenters. The van der Waals surface area contributed by atoms with Gasteiger partial charge in [-0.15, -0.1) is 0 Å². The molecule has 1 aromatic carbocycles. The fraction of sp³-hybridized carbons (Fsp3) is 0.0909. The van der Waals surface area contributed by atoms with Crippen molar-refractivity contribution in [2.75, 3.05) is 5.32 Å². The highest BCUT2D eigenvalue weighted by Gasteiger charge is 2.08. The van der Waals surface area contributed by atoms with E-state index in [1.807, 2.05) is 0 Å². The number of anilines is 1. The Hall–Kier alpha value is -0.520. The van der Waals surface area contributed by atoms with Crippen molar-refractivity contribution in [2.45, 2.75) is 6.54 Å². The molecule has 0 spiro atoms. The minimum Gasteiger partial charge on any atom is -0.451 e. The first-order valence-electron chi connectivity index (χ1n) is 4.69. The zero-order valence-electron chi connectivity index (χ0n) is 8.44. The van der Waals surface area contributed by atoms with Crippen LogP contribution in [0, 0.1) is 5.82 Å². The van der Waals surface area contributed by atoms with Crippen LogP contribution in [0.3, 0.4) is 0 Å². The third-order valence-electron chi connectivity index (χ3n) is 2.10. The average Bonchev–Trinajstić information content (AvgIpc) is 2.61. The van der Waals surface area contributed by atoms with E-state index in [1.165, 1.54) is 6.07 Å². The highest BCUT2D eigenvalue weighted by molar-refractivity contribution is 9.13. The number of nitrogens with one attached hydrogen (secondary N) is 1. The molecule has 2 nitrogen and oxygen atoms in total. The van der Waals surface area contributed by atoms with E-state index < -0.39 is 5.82 Å². The molecule has 0 unspecified atom stereocenters. The average molecular weight is 383 g/mol. The van der Waals surface area contributed by atoms with Gasteiger partial charge >= 0.3 is 0 Å². The topological polar surface area (TPSA) is 25.2 Å². The Kier molecular flexibility index (Phi) is 4.12. The van der Waals surface area contributed by atoms with Crippen LogP contribution >= 0.6 is 43.5 Å². The molecule has 6 heteroatoms.